The number of carbonyl (C=O) groups excluding carboxylic acids is 1. The van der Waals surface area contributed by atoms with Gasteiger partial charge in [-0.15, -0.1) is 0 Å². The molecule has 0 aromatic heterocycles. The van der Waals surface area contributed by atoms with E-state index in [1.165, 1.54) is 0 Å². The molecule has 0 aromatic rings. The largest absolute Gasteiger partial charge is 0.743 e. The molecule has 0 spiro atoms. The molecule has 4 rings (SSSR count). The highest BCUT2D eigenvalue weighted by atomic mass is 127. The first-order valence-electron chi connectivity index (χ1n) is 8.27. The fourth-order valence-electron chi connectivity index (χ4n) is 5.14. The Morgan fingerprint density at radius 1 is 1.15 bits per heavy atom. The summed E-state index contributed by atoms with van der Waals surface area (Å²) in [5.74, 6) is -5.05. The topological polar surface area (TPSA) is 83.5 Å². The number of rotatable bonds is 6. The molecule has 0 aliphatic heterocycles. The van der Waals surface area contributed by atoms with Crippen molar-refractivity contribution in [2.45, 2.75) is 59.5 Å². The third-order valence-corrected chi connectivity index (χ3v) is 8.00. The van der Waals surface area contributed by atoms with Crippen molar-refractivity contribution in [2.24, 2.45) is 17.3 Å². The molecule has 4 aliphatic carbocycles. The minimum absolute atomic E-state index is 0.0194. The summed E-state index contributed by atoms with van der Waals surface area (Å²) in [7, 11) is -6.53. The van der Waals surface area contributed by atoms with Crippen LogP contribution in [0.1, 0.15) is 44.9 Å². The van der Waals surface area contributed by atoms with Crippen LogP contribution in [0.25, 0.3) is 0 Å². The maximum atomic E-state index is 13.4. The minimum atomic E-state index is -6.53. The predicted octanol–water partition coefficient (Wildman–Crippen LogP) is 3.47. The Kier molecular flexibility index (Phi) is 4.87. The second-order valence-electron chi connectivity index (χ2n) is 7.95. The highest BCUT2D eigenvalue weighted by molar-refractivity contribution is 14.1. The summed E-state index contributed by atoms with van der Waals surface area (Å²) in [4.78, 5) is 12.5. The van der Waals surface area contributed by atoms with E-state index in [2.05, 4.69) is 22.6 Å². The Hall–Kier alpha value is -0.170. The minimum Gasteiger partial charge on any atom is -0.743 e. The lowest BCUT2D eigenvalue weighted by Gasteiger charge is -2.58. The Labute approximate surface area is 162 Å². The monoisotopic (exact) mass is 513 g/mol. The first-order valence-corrected chi connectivity index (χ1v) is 10.8. The van der Waals surface area contributed by atoms with Gasteiger partial charge in [0.05, 0.1) is 18.4 Å². The molecule has 0 saturated heterocycles. The zero-order valence-corrected chi connectivity index (χ0v) is 16.6. The highest BCUT2D eigenvalue weighted by Gasteiger charge is 2.62. The number of esters is 1. The van der Waals surface area contributed by atoms with Gasteiger partial charge in [0, 0.05) is 3.42 Å². The molecule has 4 bridgehead atoms. The molecule has 4 fully saturated rings. The van der Waals surface area contributed by atoms with E-state index in [9.17, 15) is 35.3 Å². The Balaban J connectivity index is 1.63. The van der Waals surface area contributed by atoms with Gasteiger partial charge in [-0.3, -0.25) is 4.79 Å². The summed E-state index contributed by atoms with van der Waals surface area (Å²) in [5.41, 5.74) is -0.770. The normalized spacial score (nSPS) is 37.0. The van der Waals surface area contributed by atoms with E-state index in [0.29, 0.717) is 31.1 Å². The van der Waals surface area contributed by atoms with Crippen LogP contribution in [0.3, 0.4) is 0 Å². The van der Waals surface area contributed by atoms with E-state index < -0.39 is 45.7 Å². The van der Waals surface area contributed by atoms with E-state index in [0.717, 1.165) is 19.3 Å². The van der Waals surface area contributed by atoms with Gasteiger partial charge in [0.1, 0.15) is 0 Å². The van der Waals surface area contributed by atoms with Crippen molar-refractivity contribution >= 4 is 38.7 Å². The van der Waals surface area contributed by atoms with Crippen LogP contribution >= 0.6 is 22.6 Å². The van der Waals surface area contributed by atoms with Crippen molar-refractivity contribution in [3.8, 4) is 0 Å². The van der Waals surface area contributed by atoms with Crippen molar-refractivity contribution in [3.05, 3.63) is 0 Å². The highest BCUT2D eigenvalue weighted by Crippen LogP contribution is 2.64. The number of ether oxygens (including phenoxy) is 1. The number of carbonyl (C=O) groups is 1. The maximum absolute atomic E-state index is 13.4. The van der Waals surface area contributed by atoms with Gasteiger partial charge in [0.25, 0.3) is 0 Å². The molecule has 5 nitrogen and oxygen atoms in total. The first-order chi connectivity index (χ1) is 11.7. The Morgan fingerprint density at radius 2 is 1.69 bits per heavy atom. The van der Waals surface area contributed by atoms with Crippen LogP contribution in [0.15, 0.2) is 0 Å². The summed E-state index contributed by atoms with van der Waals surface area (Å²) >= 11 is 2.35. The zero-order valence-electron chi connectivity index (χ0n) is 13.7. The summed E-state index contributed by atoms with van der Waals surface area (Å²) < 4.78 is 89.1. The van der Waals surface area contributed by atoms with Crippen molar-refractivity contribution in [2.75, 3.05) is 6.61 Å². The summed E-state index contributed by atoms with van der Waals surface area (Å²) in [6.07, 6.45) is 3.10. The van der Waals surface area contributed by atoms with Gasteiger partial charge >= 0.3 is 17.1 Å². The average Bonchev–Trinajstić information content (AvgIpc) is 2.42. The van der Waals surface area contributed by atoms with E-state index in [4.69, 9.17) is 4.74 Å². The van der Waals surface area contributed by atoms with Crippen LogP contribution in [0.4, 0.5) is 17.6 Å². The second-order valence-corrected chi connectivity index (χ2v) is 11.7. The van der Waals surface area contributed by atoms with E-state index in [1.807, 2.05) is 0 Å². The lowest BCUT2D eigenvalue weighted by atomic mass is 9.49. The molecule has 0 heterocycles. The third kappa shape index (κ3) is 3.36. The van der Waals surface area contributed by atoms with Crippen LogP contribution in [0.2, 0.25) is 0 Å². The van der Waals surface area contributed by atoms with Crippen LogP contribution in [0, 0.1) is 17.3 Å². The molecular formula is C15H18F4IO5S-. The van der Waals surface area contributed by atoms with Crippen molar-refractivity contribution < 1.29 is 40.1 Å². The van der Waals surface area contributed by atoms with Crippen molar-refractivity contribution in [1.29, 1.82) is 0 Å². The number of hydrogen-bond acceptors (Lipinski definition) is 5. The van der Waals surface area contributed by atoms with Gasteiger partial charge in [0.2, 0.25) is 0 Å². The lowest BCUT2D eigenvalue weighted by Crippen LogP contribution is -2.56. The van der Waals surface area contributed by atoms with E-state index >= 15 is 0 Å². The molecule has 0 amide bonds. The number of halogens is 5. The van der Waals surface area contributed by atoms with E-state index in [1.54, 1.807) is 0 Å². The Morgan fingerprint density at radius 3 is 2.15 bits per heavy atom. The molecule has 2 atom stereocenters. The van der Waals surface area contributed by atoms with Gasteiger partial charge in [-0.2, -0.15) is 17.6 Å². The quantitative estimate of drug-likeness (QED) is 0.179. The smallest absolute Gasteiger partial charge is 0.396 e. The third-order valence-electron chi connectivity index (χ3n) is 5.81. The molecule has 11 heteroatoms. The summed E-state index contributed by atoms with van der Waals surface area (Å²) in [6.45, 7) is -1.07. The molecule has 4 aliphatic rings. The second kappa shape index (κ2) is 6.16. The molecular weight excluding hydrogens is 495 g/mol. The average molecular weight is 513 g/mol. The van der Waals surface area contributed by atoms with Gasteiger partial charge in [-0.1, -0.05) is 22.6 Å². The fraction of sp³-hybridized carbons (Fsp3) is 0.933. The molecule has 0 aromatic carbocycles. The summed E-state index contributed by atoms with van der Waals surface area (Å²) in [5, 5.41) is -5.75. The molecule has 26 heavy (non-hydrogen) atoms. The number of hydrogen-bond donors (Lipinski definition) is 0. The van der Waals surface area contributed by atoms with E-state index in [-0.39, 0.29) is 3.42 Å². The maximum Gasteiger partial charge on any atom is 0.396 e. The van der Waals surface area contributed by atoms with Crippen LogP contribution in [-0.4, -0.2) is 40.1 Å². The number of alkyl halides is 5. The predicted molar refractivity (Wildman–Crippen MR) is 89.0 cm³/mol. The van der Waals surface area contributed by atoms with Gasteiger partial charge < -0.3 is 9.29 Å². The molecule has 2 unspecified atom stereocenters. The van der Waals surface area contributed by atoms with Crippen LogP contribution in [0.5, 0.6) is 0 Å². The first kappa shape index (κ1) is 20.6. The van der Waals surface area contributed by atoms with Crippen LogP contribution in [-0.2, 0) is 19.6 Å². The van der Waals surface area contributed by atoms with Crippen molar-refractivity contribution in [3.63, 3.8) is 0 Å². The van der Waals surface area contributed by atoms with Gasteiger partial charge in [0.15, 0.2) is 10.1 Å². The molecule has 150 valence electrons. The SMILES string of the molecule is O=C(OCCC(F)(F)C(F)(F)S(=O)(=O)[O-])C12CC3CC(CC(I)(C3)C1)C2. The summed E-state index contributed by atoms with van der Waals surface area (Å²) in [6, 6.07) is 0. The zero-order chi connectivity index (χ0) is 19.6. The van der Waals surface area contributed by atoms with Crippen molar-refractivity contribution in [1.82, 2.24) is 0 Å². The standard InChI is InChI=1S/C15H19F4IO5S/c16-14(17,15(18,19)26(22,23)24)1-2-25-11(21)12-4-9-3-10(5-12)7-13(20,6-9)8-12/h9-10H,1-8H2,(H,22,23,24)/p-1. The Bertz CT molecular complexity index is 697. The molecule has 4 saturated carbocycles. The lowest BCUT2D eigenvalue weighted by molar-refractivity contribution is -0.184. The molecule has 0 N–H and O–H groups in total. The molecule has 0 radical (unpaired) electrons. The van der Waals surface area contributed by atoms with Crippen LogP contribution < -0.4 is 0 Å². The van der Waals surface area contributed by atoms with Gasteiger partial charge in [-0.25, -0.2) is 8.42 Å². The fourth-order valence-corrected chi connectivity index (χ4v) is 7.59. The van der Waals surface area contributed by atoms with Gasteiger partial charge in [-0.05, 0) is 50.4 Å².